The van der Waals surface area contributed by atoms with Gasteiger partial charge < -0.3 is 4.52 Å². The van der Waals surface area contributed by atoms with Gasteiger partial charge in [0.15, 0.2) is 0 Å². The van der Waals surface area contributed by atoms with Crippen molar-refractivity contribution < 1.29 is 4.52 Å². The van der Waals surface area contributed by atoms with Crippen molar-refractivity contribution in [3.63, 3.8) is 0 Å². The number of rotatable bonds is 4. The summed E-state index contributed by atoms with van der Waals surface area (Å²) in [4.78, 5) is 13.4. The maximum atomic E-state index is 5.35. The number of aryl methyl sites for hydroxylation is 3. The molecule has 26 heavy (non-hydrogen) atoms. The lowest BCUT2D eigenvalue weighted by atomic mass is 10.1. The first-order valence-electron chi connectivity index (χ1n) is 8.24. The Morgan fingerprint density at radius 1 is 1.00 bits per heavy atom. The van der Waals surface area contributed by atoms with Gasteiger partial charge in [-0.15, -0.1) is 5.10 Å². The highest BCUT2D eigenvalue weighted by Gasteiger charge is 2.14. The van der Waals surface area contributed by atoms with Crippen LogP contribution in [0.4, 0.5) is 0 Å². The molecule has 1 aromatic carbocycles. The van der Waals surface area contributed by atoms with E-state index in [9.17, 15) is 0 Å². The lowest BCUT2D eigenvalue weighted by molar-refractivity contribution is 0.391. The summed E-state index contributed by atoms with van der Waals surface area (Å²) in [5.41, 5.74) is 5.27. The van der Waals surface area contributed by atoms with Crippen molar-refractivity contribution in [2.75, 3.05) is 0 Å². The van der Waals surface area contributed by atoms with E-state index >= 15 is 0 Å². The molecule has 8 heteroatoms. The van der Waals surface area contributed by atoms with E-state index in [1.807, 2.05) is 52.0 Å². The van der Waals surface area contributed by atoms with Crippen LogP contribution >= 0.6 is 11.8 Å². The summed E-state index contributed by atoms with van der Waals surface area (Å²) < 4.78 is 7.12. The first-order valence-corrected chi connectivity index (χ1v) is 9.23. The topological polar surface area (TPSA) is 82.0 Å². The van der Waals surface area contributed by atoms with Crippen LogP contribution in [0, 0.1) is 27.7 Å². The lowest BCUT2D eigenvalue weighted by Gasteiger charge is -2.04. The smallest absolute Gasteiger partial charge is 0.253 e. The highest BCUT2D eigenvalue weighted by Crippen LogP contribution is 2.23. The Kier molecular flexibility index (Phi) is 4.20. The minimum absolute atomic E-state index is 0.507. The van der Waals surface area contributed by atoms with Crippen molar-refractivity contribution in [3.8, 4) is 11.4 Å². The second kappa shape index (κ2) is 6.53. The van der Waals surface area contributed by atoms with Crippen LogP contribution in [0.15, 0.2) is 33.9 Å². The number of nitrogens with zero attached hydrogens (tertiary/aromatic N) is 6. The van der Waals surface area contributed by atoms with E-state index in [1.165, 1.54) is 17.3 Å². The summed E-state index contributed by atoms with van der Waals surface area (Å²) in [6.45, 7) is 8.08. The SMILES string of the molecule is Cc1ccc(-c2noc(CSc3nc4nc(C)c(C)c(C)n4n3)n2)cc1. The maximum Gasteiger partial charge on any atom is 0.253 e. The molecule has 0 N–H and O–H groups in total. The van der Waals surface area contributed by atoms with Crippen molar-refractivity contribution in [1.29, 1.82) is 0 Å². The van der Waals surface area contributed by atoms with Gasteiger partial charge in [-0.2, -0.15) is 9.97 Å². The first kappa shape index (κ1) is 16.7. The van der Waals surface area contributed by atoms with E-state index in [0.29, 0.717) is 28.4 Å². The van der Waals surface area contributed by atoms with Crippen LogP contribution in [0.1, 0.15) is 28.4 Å². The Morgan fingerprint density at radius 2 is 1.77 bits per heavy atom. The number of thioether (sulfide) groups is 1. The Hall–Kier alpha value is -2.74. The van der Waals surface area contributed by atoms with E-state index in [2.05, 4.69) is 25.2 Å². The summed E-state index contributed by atoms with van der Waals surface area (Å²) >= 11 is 1.45. The molecule has 0 spiro atoms. The predicted octanol–water partition coefficient (Wildman–Crippen LogP) is 3.70. The molecule has 3 heterocycles. The average molecular weight is 366 g/mol. The lowest BCUT2D eigenvalue weighted by Crippen LogP contribution is -2.02. The molecular weight excluding hydrogens is 348 g/mol. The standard InChI is InChI=1S/C18H18N6OS/c1-10-5-7-14(8-6-10)16-20-15(25-23-16)9-26-18-21-17-19-12(3)11(2)13(4)24(17)22-18/h5-8H,9H2,1-4H3. The second-order valence-electron chi connectivity index (χ2n) is 6.18. The Balaban J connectivity index is 1.52. The summed E-state index contributed by atoms with van der Waals surface area (Å²) in [7, 11) is 0. The Bertz CT molecular complexity index is 1080. The van der Waals surface area contributed by atoms with Gasteiger partial charge in [-0.05, 0) is 33.3 Å². The molecule has 0 radical (unpaired) electrons. The Morgan fingerprint density at radius 3 is 2.54 bits per heavy atom. The molecule has 4 aromatic rings. The molecule has 132 valence electrons. The van der Waals surface area contributed by atoms with Gasteiger partial charge in [0.05, 0.1) is 5.75 Å². The van der Waals surface area contributed by atoms with E-state index in [-0.39, 0.29) is 0 Å². The third-order valence-electron chi connectivity index (χ3n) is 4.34. The molecule has 0 unspecified atom stereocenters. The van der Waals surface area contributed by atoms with E-state index < -0.39 is 0 Å². The van der Waals surface area contributed by atoms with E-state index in [4.69, 9.17) is 4.52 Å². The van der Waals surface area contributed by atoms with Crippen LogP contribution in [0.3, 0.4) is 0 Å². The molecule has 0 saturated carbocycles. The van der Waals surface area contributed by atoms with Gasteiger partial charge in [0.2, 0.25) is 16.9 Å². The number of benzene rings is 1. The average Bonchev–Trinajstić information content (AvgIpc) is 3.25. The summed E-state index contributed by atoms with van der Waals surface area (Å²) in [5, 5.41) is 9.21. The highest BCUT2D eigenvalue weighted by molar-refractivity contribution is 7.98. The Labute approximate surface area is 154 Å². The molecule has 0 fully saturated rings. The van der Waals surface area contributed by atoms with Crippen LogP contribution in [0.2, 0.25) is 0 Å². The largest absolute Gasteiger partial charge is 0.338 e. The van der Waals surface area contributed by atoms with Gasteiger partial charge in [0.25, 0.3) is 5.78 Å². The summed E-state index contributed by atoms with van der Waals surface area (Å²) in [5.74, 6) is 2.25. The van der Waals surface area contributed by atoms with Crippen molar-refractivity contribution >= 4 is 17.5 Å². The molecule has 0 amide bonds. The van der Waals surface area contributed by atoms with Crippen molar-refractivity contribution in [2.24, 2.45) is 0 Å². The molecular formula is C18H18N6OS. The molecule has 3 aromatic heterocycles. The zero-order chi connectivity index (χ0) is 18.3. The zero-order valence-electron chi connectivity index (χ0n) is 15.0. The first-order chi connectivity index (χ1) is 12.5. The minimum Gasteiger partial charge on any atom is -0.338 e. The molecule has 0 aliphatic rings. The zero-order valence-corrected chi connectivity index (χ0v) is 15.8. The fourth-order valence-corrected chi connectivity index (χ4v) is 3.21. The molecule has 0 aliphatic carbocycles. The van der Waals surface area contributed by atoms with E-state index in [1.54, 1.807) is 4.52 Å². The second-order valence-corrected chi connectivity index (χ2v) is 7.12. The van der Waals surface area contributed by atoms with Crippen LogP contribution in [-0.4, -0.2) is 29.7 Å². The summed E-state index contributed by atoms with van der Waals surface area (Å²) in [6.07, 6.45) is 0. The molecule has 0 bridgehead atoms. The van der Waals surface area contributed by atoms with Gasteiger partial charge in [-0.25, -0.2) is 9.50 Å². The van der Waals surface area contributed by atoms with Gasteiger partial charge in [-0.1, -0.05) is 46.7 Å². The minimum atomic E-state index is 0.507. The third-order valence-corrected chi connectivity index (χ3v) is 5.17. The van der Waals surface area contributed by atoms with Gasteiger partial charge >= 0.3 is 0 Å². The monoisotopic (exact) mass is 366 g/mol. The fraction of sp³-hybridized carbons (Fsp3) is 0.278. The molecule has 4 rings (SSSR count). The van der Waals surface area contributed by atoms with Gasteiger partial charge in [0.1, 0.15) is 0 Å². The molecule has 0 saturated heterocycles. The number of aromatic nitrogens is 6. The van der Waals surface area contributed by atoms with Crippen molar-refractivity contribution in [3.05, 3.63) is 52.7 Å². The van der Waals surface area contributed by atoms with Crippen LogP contribution in [0.5, 0.6) is 0 Å². The van der Waals surface area contributed by atoms with Crippen molar-refractivity contribution in [1.82, 2.24) is 29.7 Å². The number of hydrogen-bond donors (Lipinski definition) is 0. The highest BCUT2D eigenvalue weighted by atomic mass is 32.2. The molecule has 7 nitrogen and oxygen atoms in total. The number of fused-ring (bicyclic) bond motifs is 1. The van der Waals surface area contributed by atoms with Gasteiger partial charge in [-0.3, -0.25) is 0 Å². The van der Waals surface area contributed by atoms with Crippen molar-refractivity contribution in [2.45, 2.75) is 38.6 Å². The van der Waals surface area contributed by atoms with Crippen LogP contribution < -0.4 is 0 Å². The normalized spacial score (nSPS) is 11.4. The van der Waals surface area contributed by atoms with Crippen LogP contribution in [-0.2, 0) is 5.75 Å². The number of hydrogen-bond acceptors (Lipinski definition) is 7. The van der Waals surface area contributed by atoms with Gasteiger partial charge in [0, 0.05) is 17.0 Å². The summed E-state index contributed by atoms with van der Waals surface area (Å²) in [6, 6.07) is 8.03. The maximum absolute atomic E-state index is 5.35. The quantitative estimate of drug-likeness (QED) is 0.509. The fourth-order valence-electron chi connectivity index (χ4n) is 2.56. The van der Waals surface area contributed by atoms with Crippen LogP contribution in [0.25, 0.3) is 17.2 Å². The predicted molar refractivity (Wildman–Crippen MR) is 99.0 cm³/mol. The third kappa shape index (κ3) is 3.08. The van der Waals surface area contributed by atoms with E-state index in [0.717, 1.165) is 22.5 Å². The molecule has 0 atom stereocenters. The molecule has 0 aliphatic heterocycles.